The van der Waals surface area contributed by atoms with Gasteiger partial charge in [0, 0.05) is 13.0 Å². The number of rotatable bonds is 9. The number of unbranched alkanes of at least 4 members (excludes halogenated alkanes) is 4. The Morgan fingerprint density at radius 2 is 2.07 bits per heavy atom. The van der Waals surface area contributed by atoms with Crippen LogP contribution in [0.5, 0.6) is 0 Å². The molecular weight excluding hydrogens is 186 g/mol. The summed E-state index contributed by atoms with van der Waals surface area (Å²) in [6.07, 6.45) is 11.1. The number of carbonyl (C=O) groups excluding carboxylic acids is 1. The molecule has 0 spiro atoms. The van der Waals surface area contributed by atoms with Gasteiger partial charge < -0.3 is 5.32 Å². The number of hydrogen-bond donors (Lipinski definition) is 1. The number of carbonyl (C=O) groups is 1. The van der Waals surface area contributed by atoms with Crippen LogP contribution in [0.15, 0.2) is 12.2 Å². The molecule has 15 heavy (non-hydrogen) atoms. The average Bonchev–Trinajstić information content (AvgIpc) is 2.24. The Morgan fingerprint density at radius 3 is 2.73 bits per heavy atom. The maximum absolute atomic E-state index is 11.3. The molecule has 87 valence electrons. The van der Waals surface area contributed by atoms with Gasteiger partial charge in [0.05, 0.1) is 0 Å². The highest BCUT2D eigenvalue weighted by Gasteiger charge is 1.98. The van der Waals surface area contributed by atoms with Crippen molar-refractivity contribution in [1.29, 1.82) is 0 Å². The molecular formula is C13H24NO. The van der Waals surface area contributed by atoms with Gasteiger partial charge in [0.1, 0.15) is 0 Å². The van der Waals surface area contributed by atoms with Crippen LogP contribution in [0.25, 0.3) is 0 Å². The lowest BCUT2D eigenvalue weighted by molar-refractivity contribution is -0.121. The zero-order valence-electron chi connectivity index (χ0n) is 9.93. The molecule has 2 nitrogen and oxygen atoms in total. The van der Waals surface area contributed by atoms with Crippen molar-refractivity contribution in [2.45, 2.75) is 51.9 Å². The molecule has 0 aliphatic rings. The molecule has 0 aromatic heterocycles. The fourth-order valence-electron chi connectivity index (χ4n) is 1.37. The lowest BCUT2D eigenvalue weighted by Gasteiger charge is -2.03. The van der Waals surface area contributed by atoms with Gasteiger partial charge in [0.15, 0.2) is 0 Å². The van der Waals surface area contributed by atoms with E-state index in [0.717, 1.165) is 25.8 Å². The van der Waals surface area contributed by atoms with Gasteiger partial charge in [-0.05, 0) is 26.2 Å². The van der Waals surface area contributed by atoms with E-state index in [1.54, 1.807) is 6.08 Å². The number of allylic oxidation sites excluding steroid dienone is 2. The Bertz CT molecular complexity index is 175. The Hall–Kier alpha value is -0.790. The van der Waals surface area contributed by atoms with Crippen molar-refractivity contribution in [3.63, 3.8) is 0 Å². The van der Waals surface area contributed by atoms with E-state index in [4.69, 9.17) is 0 Å². The molecule has 0 fully saturated rings. The molecule has 0 atom stereocenters. The smallest absolute Gasteiger partial charge is 0.220 e. The Labute approximate surface area is 94.1 Å². The second-order valence-electron chi connectivity index (χ2n) is 3.77. The van der Waals surface area contributed by atoms with E-state index in [1.165, 1.54) is 19.3 Å². The van der Waals surface area contributed by atoms with E-state index in [-0.39, 0.29) is 5.91 Å². The summed E-state index contributed by atoms with van der Waals surface area (Å²) in [6, 6.07) is 0. The minimum absolute atomic E-state index is 0.184. The van der Waals surface area contributed by atoms with E-state index in [0.29, 0.717) is 6.42 Å². The topological polar surface area (TPSA) is 29.1 Å². The first kappa shape index (κ1) is 14.2. The van der Waals surface area contributed by atoms with E-state index >= 15 is 0 Å². The van der Waals surface area contributed by atoms with Crippen LogP contribution in [0.1, 0.15) is 51.9 Å². The fourth-order valence-corrected chi connectivity index (χ4v) is 1.37. The highest BCUT2D eigenvalue weighted by Crippen LogP contribution is 1.99. The minimum Gasteiger partial charge on any atom is -0.356 e. The van der Waals surface area contributed by atoms with Gasteiger partial charge in [-0.3, -0.25) is 4.79 Å². The molecule has 0 aliphatic heterocycles. The van der Waals surface area contributed by atoms with Crippen molar-refractivity contribution < 1.29 is 4.79 Å². The minimum atomic E-state index is 0.184. The molecule has 0 aromatic carbocycles. The van der Waals surface area contributed by atoms with Crippen LogP contribution < -0.4 is 5.32 Å². The largest absolute Gasteiger partial charge is 0.356 e. The summed E-state index contributed by atoms with van der Waals surface area (Å²) in [5, 5.41) is 2.94. The van der Waals surface area contributed by atoms with Gasteiger partial charge in [-0.2, -0.15) is 0 Å². The summed E-state index contributed by atoms with van der Waals surface area (Å²) in [5.41, 5.74) is 0. The SMILES string of the molecule is [CH2]/C=C/CCCC(=O)NCCCCCC. The normalized spacial score (nSPS) is 10.8. The summed E-state index contributed by atoms with van der Waals surface area (Å²) in [5.74, 6) is 0.184. The predicted molar refractivity (Wildman–Crippen MR) is 65.5 cm³/mol. The molecule has 1 N–H and O–H groups in total. The van der Waals surface area contributed by atoms with Crippen LogP contribution in [0.2, 0.25) is 0 Å². The molecule has 0 aromatic rings. The third kappa shape index (κ3) is 11.1. The summed E-state index contributed by atoms with van der Waals surface area (Å²) >= 11 is 0. The standard InChI is InChI=1S/C13H24NO/c1-3-5-7-9-11-13(15)14-12-10-8-6-4-2/h3,5H,1,4,6-12H2,2H3,(H,14,15)/b5-3+. The van der Waals surface area contributed by atoms with Crippen molar-refractivity contribution in [2.24, 2.45) is 0 Å². The zero-order valence-corrected chi connectivity index (χ0v) is 9.93. The number of amides is 1. The van der Waals surface area contributed by atoms with Crippen LogP contribution in [0.3, 0.4) is 0 Å². The summed E-state index contributed by atoms with van der Waals surface area (Å²) in [7, 11) is 0. The summed E-state index contributed by atoms with van der Waals surface area (Å²) in [6.45, 7) is 6.63. The molecule has 1 amide bonds. The van der Waals surface area contributed by atoms with Crippen LogP contribution in [0, 0.1) is 6.92 Å². The van der Waals surface area contributed by atoms with Crippen LogP contribution >= 0.6 is 0 Å². The molecule has 0 heterocycles. The Balaban J connectivity index is 3.18. The van der Waals surface area contributed by atoms with Crippen molar-refractivity contribution in [3.05, 3.63) is 19.1 Å². The van der Waals surface area contributed by atoms with Crippen molar-refractivity contribution >= 4 is 5.91 Å². The van der Waals surface area contributed by atoms with Gasteiger partial charge >= 0.3 is 0 Å². The summed E-state index contributed by atoms with van der Waals surface area (Å²) < 4.78 is 0. The van der Waals surface area contributed by atoms with Crippen molar-refractivity contribution in [1.82, 2.24) is 5.32 Å². The molecule has 2 heteroatoms. The second-order valence-corrected chi connectivity index (χ2v) is 3.77. The Kier molecular flexibility index (Phi) is 10.7. The molecule has 0 bridgehead atoms. The van der Waals surface area contributed by atoms with E-state index < -0.39 is 0 Å². The molecule has 0 saturated carbocycles. The third-order valence-corrected chi connectivity index (χ3v) is 2.29. The number of hydrogen-bond acceptors (Lipinski definition) is 1. The molecule has 0 aliphatic carbocycles. The van der Waals surface area contributed by atoms with Crippen molar-refractivity contribution in [3.8, 4) is 0 Å². The average molecular weight is 210 g/mol. The first-order valence-corrected chi connectivity index (χ1v) is 6.02. The van der Waals surface area contributed by atoms with E-state index in [1.807, 2.05) is 6.08 Å². The first-order valence-electron chi connectivity index (χ1n) is 6.02. The van der Waals surface area contributed by atoms with E-state index in [2.05, 4.69) is 19.2 Å². The van der Waals surface area contributed by atoms with Gasteiger partial charge in [0.25, 0.3) is 0 Å². The molecule has 0 rings (SSSR count). The van der Waals surface area contributed by atoms with Gasteiger partial charge in [-0.15, -0.1) is 0 Å². The lowest BCUT2D eigenvalue weighted by atomic mass is 10.2. The predicted octanol–water partition coefficient (Wildman–Crippen LogP) is 3.24. The lowest BCUT2D eigenvalue weighted by Crippen LogP contribution is -2.23. The maximum Gasteiger partial charge on any atom is 0.220 e. The monoisotopic (exact) mass is 210 g/mol. The summed E-state index contributed by atoms with van der Waals surface area (Å²) in [4.78, 5) is 11.3. The van der Waals surface area contributed by atoms with Gasteiger partial charge in [-0.1, -0.05) is 38.3 Å². The molecule has 0 unspecified atom stereocenters. The highest BCUT2D eigenvalue weighted by atomic mass is 16.1. The molecule has 1 radical (unpaired) electrons. The molecule has 0 saturated heterocycles. The number of nitrogens with one attached hydrogen (secondary N) is 1. The quantitative estimate of drug-likeness (QED) is 0.582. The first-order chi connectivity index (χ1) is 7.31. The van der Waals surface area contributed by atoms with Gasteiger partial charge in [-0.25, -0.2) is 0 Å². The van der Waals surface area contributed by atoms with Crippen LogP contribution in [-0.2, 0) is 4.79 Å². The fraction of sp³-hybridized carbons (Fsp3) is 0.692. The highest BCUT2D eigenvalue weighted by molar-refractivity contribution is 5.75. The Morgan fingerprint density at radius 1 is 1.27 bits per heavy atom. The second kappa shape index (κ2) is 11.3. The van der Waals surface area contributed by atoms with E-state index in [9.17, 15) is 4.79 Å². The van der Waals surface area contributed by atoms with Crippen LogP contribution in [0.4, 0.5) is 0 Å². The maximum atomic E-state index is 11.3. The third-order valence-electron chi connectivity index (χ3n) is 2.29. The zero-order chi connectivity index (χ0) is 11.4. The van der Waals surface area contributed by atoms with Gasteiger partial charge in [0.2, 0.25) is 5.91 Å². The van der Waals surface area contributed by atoms with Crippen LogP contribution in [-0.4, -0.2) is 12.5 Å². The van der Waals surface area contributed by atoms with Crippen molar-refractivity contribution in [2.75, 3.05) is 6.54 Å².